The maximum Gasteiger partial charge on any atom is 0.0512 e. The molecule has 0 N–H and O–H groups in total. The summed E-state index contributed by atoms with van der Waals surface area (Å²) in [5, 5.41) is 0.811. The molecule has 0 amide bonds. The van der Waals surface area contributed by atoms with Crippen LogP contribution in [0.5, 0.6) is 0 Å². The van der Waals surface area contributed by atoms with Crippen molar-refractivity contribution in [1.29, 1.82) is 0 Å². The molecule has 2 aromatic carbocycles. The number of nitrogens with zero attached hydrogens (tertiary/aromatic N) is 1. The van der Waals surface area contributed by atoms with E-state index in [0.29, 0.717) is 0 Å². The highest BCUT2D eigenvalue weighted by atomic mass is 35.5. The monoisotopic (exact) mass is 281 g/mol. The van der Waals surface area contributed by atoms with Crippen LogP contribution < -0.4 is 0 Å². The third-order valence-electron chi connectivity index (χ3n) is 3.72. The summed E-state index contributed by atoms with van der Waals surface area (Å²) in [6.07, 6.45) is 5.07. The van der Waals surface area contributed by atoms with E-state index in [2.05, 4.69) is 48.3 Å². The van der Waals surface area contributed by atoms with Gasteiger partial charge in [0.1, 0.15) is 0 Å². The van der Waals surface area contributed by atoms with E-state index in [-0.39, 0.29) is 5.92 Å². The summed E-state index contributed by atoms with van der Waals surface area (Å²) >= 11 is 6.29. The van der Waals surface area contributed by atoms with Gasteiger partial charge in [0, 0.05) is 23.4 Å². The Kier molecular flexibility index (Phi) is 3.70. The van der Waals surface area contributed by atoms with Gasteiger partial charge in [-0.05, 0) is 29.7 Å². The van der Waals surface area contributed by atoms with Crippen molar-refractivity contribution in [1.82, 2.24) is 0 Å². The molecule has 2 heteroatoms. The molecule has 100 valence electrons. The second-order valence-electron chi connectivity index (χ2n) is 4.97. The first kappa shape index (κ1) is 13.1. The number of benzene rings is 2. The van der Waals surface area contributed by atoms with Crippen molar-refractivity contribution in [3.63, 3.8) is 0 Å². The summed E-state index contributed by atoms with van der Waals surface area (Å²) in [5.74, 6) is 0.161. The van der Waals surface area contributed by atoms with E-state index in [4.69, 9.17) is 11.6 Å². The van der Waals surface area contributed by atoms with Crippen molar-refractivity contribution >= 4 is 17.8 Å². The number of aliphatic imine (C=N–C) groups is 1. The highest BCUT2D eigenvalue weighted by Gasteiger charge is 2.22. The molecule has 0 radical (unpaired) electrons. The largest absolute Gasteiger partial charge is 0.265 e. The number of halogens is 1. The molecular weight excluding hydrogens is 266 g/mol. The molecule has 0 aromatic heterocycles. The Bertz CT molecular complexity index is 671. The molecule has 1 nitrogen and oxygen atoms in total. The lowest BCUT2D eigenvalue weighted by Crippen LogP contribution is -2.05. The third-order valence-corrected chi connectivity index (χ3v) is 4.13. The summed E-state index contributed by atoms with van der Waals surface area (Å²) < 4.78 is 0. The fraction of sp³-hybridized carbons (Fsp3) is 0.167. The van der Waals surface area contributed by atoms with Crippen molar-refractivity contribution in [2.75, 3.05) is 0 Å². The molecular formula is C18H16ClN. The van der Waals surface area contributed by atoms with E-state index in [1.807, 2.05) is 24.4 Å². The maximum atomic E-state index is 6.29. The van der Waals surface area contributed by atoms with E-state index in [1.165, 1.54) is 11.1 Å². The molecule has 1 heterocycles. The maximum absolute atomic E-state index is 6.29. The van der Waals surface area contributed by atoms with Crippen LogP contribution in [0.25, 0.3) is 0 Å². The van der Waals surface area contributed by atoms with Crippen LogP contribution in [0.1, 0.15) is 29.0 Å². The molecule has 1 unspecified atom stereocenters. The topological polar surface area (TPSA) is 12.4 Å². The highest BCUT2D eigenvalue weighted by molar-refractivity contribution is 6.31. The molecule has 0 fully saturated rings. The second-order valence-corrected chi connectivity index (χ2v) is 5.38. The van der Waals surface area contributed by atoms with Crippen molar-refractivity contribution in [3.05, 3.63) is 82.0 Å². The predicted molar refractivity (Wildman–Crippen MR) is 85.7 cm³/mol. The fourth-order valence-corrected chi connectivity index (χ4v) is 2.85. The Balaban J connectivity index is 2.15. The van der Waals surface area contributed by atoms with Gasteiger partial charge in [0.15, 0.2) is 0 Å². The molecule has 0 aliphatic carbocycles. The summed E-state index contributed by atoms with van der Waals surface area (Å²) in [4.78, 5) is 4.55. The van der Waals surface area contributed by atoms with Gasteiger partial charge in [-0.1, -0.05) is 60.1 Å². The molecule has 0 saturated heterocycles. The van der Waals surface area contributed by atoms with Gasteiger partial charge in [-0.15, -0.1) is 0 Å². The normalized spacial score (nSPS) is 15.2. The van der Waals surface area contributed by atoms with Gasteiger partial charge in [-0.2, -0.15) is 0 Å². The number of hydrogen-bond donors (Lipinski definition) is 0. The van der Waals surface area contributed by atoms with Gasteiger partial charge in [0.2, 0.25) is 0 Å². The third kappa shape index (κ3) is 2.41. The van der Waals surface area contributed by atoms with Crippen LogP contribution in [0.2, 0.25) is 5.02 Å². The van der Waals surface area contributed by atoms with Gasteiger partial charge >= 0.3 is 0 Å². The van der Waals surface area contributed by atoms with Crippen molar-refractivity contribution in [3.8, 4) is 0 Å². The van der Waals surface area contributed by atoms with E-state index in [0.717, 1.165) is 22.7 Å². The Morgan fingerprint density at radius 3 is 2.55 bits per heavy atom. The van der Waals surface area contributed by atoms with Crippen LogP contribution in [0.15, 0.2) is 65.3 Å². The van der Waals surface area contributed by atoms with Crippen LogP contribution in [0, 0.1) is 6.92 Å². The minimum atomic E-state index is 0.161. The average Bonchev–Trinajstić information content (AvgIpc) is 2.99. The van der Waals surface area contributed by atoms with Gasteiger partial charge in [-0.3, -0.25) is 4.99 Å². The van der Waals surface area contributed by atoms with Gasteiger partial charge < -0.3 is 0 Å². The van der Waals surface area contributed by atoms with Crippen LogP contribution in [-0.2, 0) is 0 Å². The molecule has 0 spiro atoms. The lowest BCUT2D eigenvalue weighted by molar-refractivity contribution is 0.923. The summed E-state index contributed by atoms with van der Waals surface area (Å²) in [7, 11) is 0. The Morgan fingerprint density at radius 2 is 1.85 bits per heavy atom. The van der Waals surface area contributed by atoms with E-state index >= 15 is 0 Å². The van der Waals surface area contributed by atoms with Gasteiger partial charge in [-0.25, -0.2) is 0 Å². The molecule has 2 aromatic rings. The summed E-state index contributed by atoms with van der Waals surface area (Å²) in [6.45, 7) is 2.08. The van der Waals surface area contributed by atoms with Crippen LogP contribution >= 0.6 is 11.6 Å². The first-order chi connectivity index (χ1) is 9.77. The van der Waals surface area contributed by atoms with Crippen LogP contribution in [-0.4, -0.2) is 6.21 Å². The zero-order chi connectivity index (χ0) is 13.9. The smallest absolute Gasteiger partial charge is 0.0512 e. The number of hydrogen-bond acceptors (Lipinski definition) is 1. The zero-order valence-electron chi connectivity index (χ0n) is 11.4. The van der Waals surface area contributed by atoms with Crippen LogP contribution in [0.4, 0.5) is 0 Å². The quantitative estimate of drug-likeness (QED) is 0.739. The van der Waals surface area contributed by atoms with Crippen LogP contribution in [0.3, 0.4) is 0 Å². The fourth-order valence-electron chi connectivity index (χ4n) is 2.67. The predicted octanol–water partition coefficient (Wildman–Crippen LogP) is 5.14. The minimum absolute atomic E-state index is 0.161. The first-order valence-corrected chi connectivity index (χ1v) is 7.17. The number of rotatable bonds is 3. The molecule has 1 aliphatic rings. The Morgan fingerprint density at radius 1 is 1.05 bits per heavy atom. The van der Waals surface area contributed by atoms with Crippen molar-refractivity contribution in [2.45, 2.75) is 19.3 Å². The summed E-state index contributed by atoms with van der Waals surface area (Å²) in [5.41, 5.74) is 4.73. The molecule has 0 saturated carbocycles. The van der Waals surface area contributed by atoms with E-state index in [1.54, 1.807) is 0 Å². The standard InChI is InChI=1S/C18H16ClN/c1-13-15(9-5-10-16(13)19)18(17-11-6-12-20-17)14-7-3-2-4-8-14/h2-5,7-12,18H,6H2,1H3. The lowest BCUT2D eigenvalue weighted by atomic mass is 9.86. The summed E-state index contributed by atoms with van der Waals surface area (Å²) in [6, 6.07) is 16.6. The zero-order valence-corrected chi connectivity index (χ0v) is 12.1. The lowest BCUT2D eigenvalue weighted by Gasteiger charge is -2.20. The molecule has 0 bridgehead atoms. The van der Waals surface area contributed by atoms with Crippen molar-refractivity contribution < 1.29 is 0 Å². The first-order valence-electron chi connectivity index (χ1n) is 6.80. The Hall–Kier alpha value is -1.86. The Labute approximate surface area is 124 Å². The van der Waals surface area contributed by atoms with E-state index in [9.17, 15) is 0 Å². The van der Waals surface area contributed by atoms with Gasteiger partial charge in [0.05, 0.1) is 5.92 Å². The molecule has 3 rings (SSSR count). The highest BCUT2D eigenvalue weighted by Crippen LogP contribution is 2.37. The average molecular weight is 282 g/mol. The van der Waals surface area contributed by atoms with E-state index < -0.39 is 0 Å². The molecule has 1 atom stereocenters. The second kappa shape index (κ2) is 5.64. The number of allylic oxidation sites excluding steroid dienone is 2. The van der Waals surface area contributed by atoms with Crippen molar-refractivity contribution in [2.24, 2.45) is 4.99 Å². The van der Waals surface area contributed by atoms with Gasteiger partial charge in [0.25, 0.3) is 0 Å². The SMILES string of the molecule is Cc1c(Cl)cccc1C(C1=CCC=N1)c1ccccc1. The minimum Gasteiger partial charge on any atom is -0.265 e. The molecule has 20 heavy (non-hydrogen) atoms. The molecule has 1 aliphatic heterocycles.